The highest BCUT2D eigenvalue weighted by Gasteiger charge is 2.20. The highest BCUT2D eigenvalue weighted by atomic mass is 16.4. The normalized spacial score (nSPS) is 16.1. The van der Waals surface area contributed by atoms with E-state index in [0.29, 0.717) is 83.9 Å². The molecule has 1 saturated heterocycles. The second-order valence-electron chi connectivity index (χ2n) is 12.2. The minimum absolute atomic E-state index is 0.0539. The molecular formula is C33H52N6O8. The summed E-state index contributed by atoms with van der Waals surface area (Å²) in [6.07, 6.45) is 3.36. The zero-order valence-corrected chi connectivity index (χ0v) is 27.8. The maximum atomic E-state index is 12.8. The summed E-state index contributed by atoms with van der Waals surface area (Å²) in [6.45, 7) is 7.95. The Bertz CT molecular complexity index is 1160. The number of carboxylic acid groups (broad SMARTS) is 2. The number of nitrogens with zero attached hydrogens (tertiary/aromatic N) is 4. The third kappa shape index (κ3) is 17.1. The van der Waals surface area contributed by atoms with Crippen molar-refractivity contribution in [1.82, 2.24) is 30.2 Å². The number of unbranched alkanes of at least 4 members (excludes halogenated alkanes) is 2. The largest absolute Gasteiger partial charge is 0.480 e. The lowest BCUT2D eigenvalue weighted by Gasteiger charge is -2.32. The summed E-state index contributed by atoms with van der Waals surface area (Å²) in [4.78, 5) is 78.5. The van der Waals surface area contributed by atoms with Gasteiger partial charge in [-0.1, -0.05) is 44.5 Å². The fourth-order valence-electron chi connectivity index (χ4n) is 5.21. The van der Waals surface area contributed by atoms with Crippen LogP contribution in [0.1, 0.15) is 55.5 Å². The topological polar surface area (TPSA) is 180 Å². The van der Waals surface area contributed by atoms with Crippen LogP contribution >= 0.6 is 0 Å². The quantitative estimate of drug-likeness (QED) is 0.0970. The minimum Gasteiger partial charge on any atom is -0.480 e. The molecule has 4 N–H and O–H groups in total. The van der Waals surface area contributed by atoms with E-state index in [0.717, 1.165) is 24.7 Å². The van der Waals surface area contributed by atoms with Gasteiger partial charge in [-0.2, -0.15) is 0 Å². The lowest BCUT2D eigenvalue weighted by atomic mass is 10.00. The van der Waals surface area contributed by atoms with Gasteiger partial charge in [-0.25, -0.2) is 0 Å². The van der Waals surface area contributed by atoms with Gasteiger partial charge in [-0.15, -0.1) is 0 Å². The molecule has 0 radical (unpaired) electrons. The summed E-state index contributed by atoms with van der Waals surface area (Å²) in [6, 6.07) is 7.27. The van der Waals surface area contributed by atoms with Crippen molar-refractivity contribution in [2.24, 2.45) is 5.92 Å². The summed E-state index contributed by atoms with van der Waals surface area (Å²) in [7, 11) is 0. The zero-order valence-electron chi connectivity index (χ0n) is 27.8. The molecule has 0 aromatic heterocycles. The summed E-state index contributed by atoms with van der Waals surface area (Å²) in [5.41, 5.74) is 1.59. The number of amides is 2. The first-order valence-electron chi connectivity index (χ1n) is 16.4. The highest BCUT2D eigenvalue weighted by Crippen LogP contribution is 2.10. The molecule has 0 saturated carbocycles. The SMILES string of the molecule is CC(C)C(=O)c1ccc(CNC(=O)CCCCCNC(=O)CN2CCN(CC=O)CCN(CC(=O)O)CCN(CC(=O)O)CC2)cc1. The van der Waals surface area contributed by atoms with Gasteiger partial charge < -0.3 is 25.6 Å². The number of aldehydes is 1. The second-order valence-corrected chi connectivity index (χ2v) is 12.2. The molecule has 14 heteroatoms. The van der Waals surface area contributed by atoms with Crippen LogP contribution in [0.25, 0.3) is 0 Å². The monoisotopic (exact) mass is 660 g/mol. The molecule has 14 nitrogen and oxygen atoms in total. The van der Waals surface area contributed by atoms with Gasteiger partial charge in [-0.3, -0.25) is 43.6 Å². The number of rotatable bonds is 18. The fraction of sp³-hybridized carbons (Fsp3) is 0.636. The average Bonchev–Trinajstić information content (AvgIpc) is 3.02. The predicted molar refractivity (Wildman–Crippen MR) is 176 cm³/mol. The maximum absolute atomic E-state index is 12.8. The number of ketones is 1. The predicted octanol–water partition coefficient (Wildman–Crippen LogP) is 0.408. The van der Waals surface area contributed by atoms with Crippen LogP contribution in [0, 0.1) is 5.92 Å². The van der Waals surface area contributed by atoms with Crippen molar-refractivity contribution in [3.05, 3.63) is 35.4 Å². The van der Waals surface area contributed by atoms with Gasteiger partial charge in [0.05, 0.1) is 26.2 Å². The maximum Gasteiger partial charge on any atom is 0.317 e. The number of Topliss-reactive ketones (excluding diaryl/α,β-unsaturated/α-hetero) is 1. The van der Waals surface area contributed by atoms with E-state index in [1.807, 2.05) is 35.8 Å². The van der Waals surface area contributed by atoms with Crippen molar-refractivity contribution in [2.75, 3.05) is 85.1 Å². The van der Waals surface area contributed by atoms with E-state index in [1.54, 1.807) is 21.9 Å². The van der Waals surface area contributed by atoms with Crippen molar-refractivity contribution >= 4 is 35.8 Å². The zero-order chi connectivity index (χ0) is 34.6. The summed E-state index contributed by atoms with van der Waals surface area (Å²) in [5.74, 6) is -2.14. The van der Waals surface area contributed by atoms with Gasteiger partial charge in [0.25, 0.3) is 0 Å². The van der Waals surface area contributed by atoms with Crippen molar-refractivity contribution in [3.8, 4) is 0 Å². The van der Waals surface area contributed by atoms with E-state index in [2.05, 4.69) is 10.6 Å². The number of nitrogens with one attached hydrogen (secondary N) is 2. The number of aliphatic carboxylic acids is 2. The number of carbonyl (C=O) groups excluding carboxylic acids is 4. The Balaban J connectivity index is 1.75. The van der Waals surface area contributed by atoms with E-state index in [4.69, 9.17) is 0 Å². The van der Waals surface area contributed by atoms with Crippen LogP contribution in [-0.4, -0.2) is 151 Å². The van der Waals surface area contributed by atoms with Crippen LogP contribution in [0.4, 0.5) is 0 Å². The van der Waals surface area contributed by atoms with Crippen LogP contribution in [0.5, 0.6) is 0 Å². The molecule has 0 atom stereocenters. The van der Waals surface area contributed by atoms with Crippen molar-refractivity contribution < 1.29 is 39.0 Å². The summed E-state index contributed by atoms with van der Waals surface area (Å²) in [5, 5.41) is 24.5. The van der Waals surface area contributed by atoms with Crippen LogP contribution < -0.4 is 10.6 Å². The molecule has 0 aliphatic carbocycles. The number of carbonyl (C=O) groups is 6. The number of benzene rings is 1. The van der Waals surface area contributed by atoms with Gasteiger partial charge in [-0.05, 0) is 18.4 Å². The molecule has 1 aliphatic heterocycles. The lowest BCUT2D eigenvalue weighted by molar-refractivity contribution is -0.140. The van der Waals surface area contributed by atoms with E-state index in [-0.39, 0.29) is 49.7 Å². The van der Waals surface area contributed by atoms with E-state index in [1.165, 1.54) is 0 Å². The Hall–Kier alpha value is -3.72. The number of hydrogen-bond acceptors (Lipinski definition) is 10. The molecule has 47 heavy (non-hydrogen) atoms. The Morgan fingerprint density at radius 1 is 0.702 bits per heavy atom. The van der Waals surface area contributed by atoms with Gasteiger partial charge >= 0.3 is 11.9 Å². The molecule has 1 fully saturated rings. The molecular weight excluding hydrogens is 608 g/mol. The van der Waals surface area contributed by atoms with E-state index >= 15 is 0 Å². The first kappa shape index (κ1) is 39.5. The van der Waals surface area contributed by atoms with Gasteiger partial charge in [0, 0.05) is 83.3 Å². The molecule has 0 bridgehead atoms. The molecule has 1 aromatic rings. The van der Waals surface area contributed by atoms with E-state index < -0.39 is 11.9 Å². The lowest BCUT2D eigenvalue weighted by Crippen LogP contribution is -2.49. The van der Waals surface area contributed by atoms with Crippen LogP contribution in [0.2, 0.25) is 0 Å². The van der Waals surface area contributed by atoms with Crippen LogP contribution in [0.3, 0.4) is 0 Å². The smallest absolute Gasteiger partial charge is 0.317 e. The first-order chi connectivity index (χ1) is 22.5. The van der Waals surface area contributed by atoms with Crippen LogP contribution in [-0.2, 0) is 30.5 Å². The third-order valence-corrected chi connectivity index (χ3v) is 8.00. The van der Waals surface area contributed by atoms with Crippen molar-refractivity contribution in [3.63, 3.8) is 0 Å². The Labute approximate surface area is 277 Å². The molecule has 262 valence electrons. The minimum atomic E-state index is -0.980. The Morgan fingerprint density at radius 2 is 1.21 bits per heavy atom. The fourth-order valence-corrected chi connectivity index (χ4v) is 5.21. The molecule has 2 amide bonds. The molecule has 0 unspecified atom stereocenters. The second kappa shape index (κ2) is 22.0. The Morgan fingerprint density at radius 3 is 1.70 bits per heavy atom. The van der Waals surface area contributed by atoms with Gasteiger partial charge in [0.15, 0.2) is 5.78 Å². The van der Waals surface area contributed by atoms with E-state index in [9.17, 15) is 39.0 Å². The average molecular weight is 661 g/mol. The third-order valence-electron chi connectivity index (χ3n) is 8.00. The standard InChI is InChI=1S/C33H52N6O8/c1-26(2)33(47)28-9-7-27(8-10-28)22-35-29(41)6-4-3-5-11-34-30(42)23-37-14-12-36(20-21-40)13-15-38(24-31(43)44)18-19-39(17-16-37)25-32(45)46/h7-10,21,26H,3-6,11-20,22-25H2,1-2H3,(H,34,42)(H,35,41)(H,43,44)(H,45,46). The molecule has 2 rings (SSSR count). The Kier molecular flexibility index (Phi) is 18.4. The van der Waals surface area contributed by atoms with Crippen molar-refractivity contribution in [2.45, 2.75) is 46.1 Å². The molecule has 1 aromatic carbocycles. The van der Waals surface area contributed by atoms with Gasteiger partial charge in [0.1, 0.15) is 6.29 Å². The molecule has 0 spiro atoms. The number of hydrogen-bond donors (Lipinski definition) is 4. The molecule has 1 aliphatic rings. The highest BCUT2D eigenvalue weighted by molar-refractivity contribution is 5.97. The van der Waals surface area contributed by atoms with Crippen molar-refractivity contribution in [1.29, 1.82) is 0 Å². The summed E-state index contributed by atoms with van der Waals surface area (Å²) < 4.78 is 0. The summed E-state index contributed by atoms with van der Waals surface area (Å²) >= 11 is 0. The first-order valence-corrected chi connectivity index (χ1v) is 16.4. The van der Waals surface area contributed by atoms with Crippen LogP contribution in [0.15, 0.2) is 24.3 Å². The van der Waals surface area contributed by atoms with Gasteiger partial charge in [0.2, 0.25) is 11.8 Å². The molecule has 1 heterocycles. The number of carboxylic acids is 2.